The van der Waals surface area contributed by atoms with Crippen LogP contribution in [0.3, 0.4) is 0 Å². The molecule has 0 saturated heterocycles. The van der Waals surface area contributed by atoms with Gasteiger partial charge in [0, 0.05) is 6.20 Å². The van der Waals surface area contributed by atoms with Gasteiger partial charge in [0.25, 0.3) is 0 Å². The zero-order valence-corrected chi connectivity index (χ0v) is 3.63. The Morgan fingerprint density at radius 3 is 2.38 bits per heavy atom. The van der Waals surface area contributed by atoms with Crippen molar-refractivity contribution in [2.24, 2.45) is 0 Å². The second kappa shape index (κ2) is 4.01. The van der Waals surface area contributed by atoms with E-state index in [2.05, 4.69) is 4.98 Å². The summed E-state index contributed by atoms with van der Waals surface area (Å²) in [6, 6.07) is 4.57. The summed E-state index contributed by atoms with van der Waals surface area (Å²) in [5, 5.41) is 0. The van der Waals surface area contributed by atoms with Crippen LogP contribution in [0.2, 0.25) is 0 Å². The summed E-state index contributed by atoms with van der Waals surface area (Å²) in [6.07, 6.45) is 1.41. The third kappa shape index (κ3) is 2.40. The molecule has 0 saturated carbocycles. The minimum atomic E-state index is -0.428. The molecule has 3 heteroatoms. The fourth-order valence-electron chi connectivity index (χ4n) is 0.342. The Hall–Kier alpha value is 0.0800. The molecule has 0 bridgehead atoms. The first-order chi connectivity index (χ1) is 3.39. The second-order valence-electron chi connectivity index (χ2n) is 1.15. The first-order valence-corrected chi connectivity index (χ1v) is 1.96. The number of hydrogen-bond donors (Lipinski definition) is 0. The van der Waals surface area contributed by atoms with Crippen molar-refractivity contribution >= 4 is 29.6 Å². The summed E-state index contributed by atoms with van der Waals surface area (Å²) in [7, 11) is 0. The van der Waals surface area contributed by atoms with Crippen molar-refractivity contribution in [2.75, 3.05) is 0 Å². The van der Waals surface area contributed by atoms with Crippen LogP contribution in [-0.4, -0.2) is 34.5 Å². The fourth-order valence-corrected chi connectivity index (χ4v) is 0.342. The maximum atomic E-state index is 11.8. The van der Waals surface area contributed by atoms with E-state index in [9.17, 15) is 4.39 Å². The summed E-state index contributed by atoms with van der Waals surface area (Å²) in [4.78, 5) is 3.31. The van der Waals surface area contributed by atoms with Crippen molar-refractivity contribution in [3.63, 3.8) is 0 Å². The van der Waals surface area contributed by atoms with Gasteiger partial charge in [-0.1, -0.05) is 6.07 Å². The van der Waals surface area contributed by atoms with E-state index in [4.69, 9.17) is 0 Å². The molecule has 1 heterocycles. The van der Waals surface area contributed by atoms with E-state index in [1.165, 1.54) is 12.3 Å². The SMILES string of the molecule is Fc1ccccn1.[NaH]. The first kappa shape index (κ1) is 8.08. The Kier molecular flexibility index (Phi) is 4.05. The Balaban J connectivity index is 0.000000490. The molecule has 8 heavy (non-hydrogen) atoms. The van der Waals surface area contributed by atoms with Crippen molar-refractivity contribution in [1.82, 2.24) is 4.98 Å². The van der Waals surface area contributed by atoms with Crippen LogP contribution < -0.4 is 0 Å². The van der Waals surface area contributed by atoms with Crippen LogP contribution in [0, 0.1) is 5.95 Å². The summed E-state index contributed by atoms with van der Waals surface area (Å²) >= 11 is 0. The third-order valence-electron chi connectivity index (χ3n) is 0.629. The van der Waals surface area contributed by atoms with Gasteiger partial charge in [-0.2, -0.15) is 4.39 Å². The third-order valence-corrected chi connectivity index (χ3v) is 0.629. The van der Waals surface area contributed by atoms with Crippen LogP contribution in [0.5, 0.6) is 0 Å². The normalized spacial score (nSPS) is 7.62. The van der Waals surface area contributed by atoms with Crippen LogP contribution in [0.1, 0.15) is 0 Å². The molecule has 0 aliphatic carbocycles. The molecule has 0 aliphatic rings. The van der Waals surface area contributed by atoms with E-state index >= 15 is 0 Å². The number of pyridine rings is 1. The average molecular weight is 121 g/mol. The molecule has 0 atom stereocenters. The summed E-state index contributed by atoms with van der Waals surface area (Å²) in [5.74, 6) is -0.428. The fraction of sp³-hybridized carbons (Fsp3) is 0. The van der Waals surface area contributed by atoms with Gasteiger partial charge in [-0.3, -0.25) is 0 Å². The maximum absolute atomic E-state index is 11.8. The van der Waals surface area contributed by atoms with E-state index in [1.54, 1.807) is 12.1 Å². The number of halogens is 1. The Bertz CT molecular complexity index is 142. The number of rotatable bonds is 0. The van der Waals surface area contributed by atoms with Gasteiger partial charge in [-0.15, -0.1) is 0 Å². The molecule has 0 spiro atoms. The van der Waals surface area contributed by atoms with Gasteiger partial charge in [0.15, 0.2) is 0 Å². The first-order valence-electron chi connectivity index (χ1n) is 1.96. The van der Waals surface area contributed by atoms with Crippen LogP contribution in [0.25, 0.3) is 0 Å². The molecule has 38 valence electrons. The quantitative estimate of drug-likeness (QED) is 0.361. The average Bonchev–Trinajstić information content (AvgIpc) is 1.69. The molecule has 1 rings (SSSR count). The van der Waals surface area contributed by atoms with Gasteiger partial charge in [0.05, 0.1) is 0 Å². The predicted molar refractivity (Wildman–Crippen MR) is 31.3 cm³/mol. The zero-order chi connectivity index (χ0) is 5.11. The van der Waals surface area contributed by atoms with Crippen molar-refractivity contribution < 1.29 is 4.39 Å². The summed E-state index contributed by atoms with van der Waals surface area (Å²) in [5.41, 5.74) is 0. The van der Waals surface area contributed by atoms with Gasteiger partial charge in [0.2, 0.25) is 5.95 Å². The van der Waals surface area contributed by atoms with Crippen molar-refractivity contribution in [2.45, 2.75) is 0 Å². The molecule has 0 N–H and O–H groups in total. The molecule has 0 aliphatic heterocycles. The van der Waals surface area contributed by atoms with E-state index in [1.807, 2.05) is 0 Å². The monoisotopic (exact) mass is 121 g/mol. The predicted octanol–water partition coefficient (Wildman–Crippen LogP) is 0.572. The zero-order valence-electron chi connectivity index (χ0n) is 3.63. The van der Waals surface area contributed by atoms with Crippen LogP contribution in [-0.2, 0) is 0 Å². The molecule has 0 aromatic carbocycles. The van der Waals surface area contributed by atoms with E-state index < -0.39 is 5.95 Å². The van der Waals surface area contributed by atoms with Gasteiger partial charge in [-0.25, -0.2) is 4.98 Å². The molecule has 0 amide bonds. The van der Waals surface area contributed by atoms with Gasteiger partial charge < -0.3 is 0 Å². The molecule has 0 unspecified atom stereocenters. The van der Waals surface area contributed by atoms with Gasteiger partial charge in [-0.05, 0) is 12.1 Å². The standard InChI is InChI=1S/C5H4FN.Na.H/c6-5-3-1-2-4-7-5;;/h1-4H;;. The van der Waals surface area contributed by atoms with Crippen LogP contribution >= 0.6 is 0 Å². The van der Waals surface area contributed by atoms with E-state index in [-0.39, 0.29) is 29.6 Å². The number of hydrogen-bond acceptors (Lipinski definition) is 1. The molecule has 1 nitrogen and oxygen atoms in total. The van der Waals surface area contributed by atoms with Gasteiger partial charge in [0.1, 0.15) is 0 Å². The number of nitrogens with zero attached hydrogens (tertiary/aromatic N) is 1. The molecular formula is C5H5FNNa. The molecule has 1 aromatic rings. The minimum absolute atomic E-state index is 0. The molecule has 0 radical (unpaired) electrons. The Labute approximate surface area is 69.2 Å². The summed E-state index contributed by atoms with van der Waals surface area (Å²) in [6.45, 7) is 0. The molecular weight excluding hydrogens is 116 g/mol. The van der Waals surface area contributed by atoms with Crippen molar-refractivity contribution in [3.05, 3.63) is 30.3 Å². The van der Waals surface area contributed by atoms with E-state index in [0.717, 1.165) is 0 Å². The van der Waals surface area contributed by atoms with Gasteiger partial charge >= 0.3 is 29.6 Å². The Morgan fingerprint density at radius 1 is 1.38 bits per heavy atom. The topological polar surface area (TPSA) is 12.9 Å². The second-order valence-corrected chi connectivity index (χ2v) is 1.15. The van der Waals surface area contributed by atoms with Crippen molar-refractivity contribution in [1.29, 1.82) is 0 Å². The molecule has 1 aromatic heterocycles. The number of aromatic nitrogens is 1. The molecule has 0 fully saturated rings. The van der Waals surface area contributed by atoms with Crippen LogP contribution in [0.15, 0.2) is 24.4 Å². The summed E-state index contributed by atoms with van der Waals surface area (Å²) < 4.78 is 11.8. The van der Waals surface area contributed by atoms with E-state index in [0.29, 0.717) is 0 Å². The Morgan fingerprint density at radius 2 is 2.12 bits per heavy atom. The van der Waals surface area contributed by atoms with Crippen LogP contribution in [0.4, 0.5) is 4.39 Å². The van der Waals surface area contributed by atoms with Crippen molar-refractivity contribution in [3.8, 4) is 0 Å².